The summed E-state index contributed by atoms with van der Waals surface area (Å²) in [4.78, 5) is 18.3. The fourth-order valence-corrected chi connectivity index (χ4v) is 6.34. The molecule has 1 aliphatic carbocycles. The average molecular weight is 459 g/mol. The number of amides is 1. The van der Waals surface area contributed by atoms with Crippen molar-refractivity contribution in [2.24, 2.45) is 0 Å². The molecule has 1 aromatic carbocycles. The predicted octanol–water partition coefficient (Wildman–Crippen LogP) is 5.51. The molecule has 0 fully saturated rings. The van der Waals surface area contributed by atoms with Crippen molar-refractivity contribution in [1.29, 1.82) is 10.5 Å². The Hall–Kier alpha value is -3.13. The molecule has 0 spiro atoms. The number of aryl methyl sites for hydroxylation is 2. The largest absolute Gasteiger partial charge is 0.316 e. The van der Waals surface area contributed by atoms with Gasteiger partial charge in [-0.2, -0.15) is 10.5 Å². The standard InChI is InChI=1S/C25H22N4OS2/c1-15-10-16(2)28-24(20(15)12-26)31-14-23(30)29-25-21(13-27)19-9-8-18(11-22(19)32-25)17-6-4-3-5-7-17/h3-7,10,18H,8-9,11,14H2,1-2H3,(H,29,30)/t18-/m1/s1. The number of nitrogens with one attached hydrogen (secondary N) is 1. The van der Waals surface area contributed by atoms with E-state index in [1.54, 1.807) is 0 Å². The molecule has 2 aromatic heterocycles. The third-order valence-electron chi connectivity index (χ3n) is 5.66. The van der Waals surface area contributed by atoms with Crippen LogP contribution >= 0.6 is 23.1 Å². The molecule has 0 radical (unpaired) electrons. The lowest BCUT2D eigenvalue weighted by molar-refractivity contribution is -0.113. The highest BCUT2D eigenvalue weighted by molar-refractivity contribution is 8.00. The van der Waals surface area contributed by atoms with Crippen LogP contribution in [0, 0.1) is 36.5 Å². The van der Waals surface area contributed by atoms with E-state index in [1.807, 2.05) is 26.0 Å². The third-order valence-corrected chi connectivity index (χ3v) is 7.81. The van der Waals surface area contributed by atoms with Crippen molar-refractivity contribution in [3.8, 4) is 12.1 Å². The second-order valence-corrected chi connectivity index (χ2v) is 9.95. The molecular formula is C25H22N4OS2. The molecule has 160 valence electrons. The van der Waals surface area contributed by atoms with Crippen LogP contribution in [0.25, 0.3) is 0 Å². The second kappa shape index (κ2) is 9.56. The summed E-state index contributed by atoms with van der Waals surface area (Å²) in [6, 6.07) is 16.8. The molecule has 1 aliphatic rings. The molecule has 3 aromatic rings. The number of thiophene rings is 1. The number of hydrogen-bond acceptors (Lipinski definition) is 6. The van der Waals surface area contributed by atoms with E-state index in [2.05, 4.69) is 46.7 Å². The Morgan fingerprint density at radius 2 is 1.97 bits per heavy atom. The number of thioether (sulfide) groups is 1. The number of benzene rings is 1. The fourth-order valence-electron chi connectivity index (χ4n) is 4.14. The van der Waals surface area contributed by atoms with Crippen molar-refractivity contribution in [3.05, 3.63) is 74.8 Å². The smallest absolute Gasteiger partial charge is 0.235 e. The molecule has 1 atom stereocenters. The Kier molecular flexibility index (Phi) is 6.60. The number of nitrogens with zero attached hydrogens (tertiary/aromatic N) is 3. The molecule has 0 aliphatic heterocycles. The number of fused-ring (bicyclic) bond motifs is 1. The zero-order valence-corrected chi connectivity index (χ0v) is 19.6. The van der Waals surface area contributed by atoms with Gasteiger partial charge in [0.05, 0.1) is 16.9 Å². The molecule has 1 N–H and O–H groups in total. The maximum absolute atomic E-state index is 12.7. The van der Waals surface area contributed by atoms with Crippen LogP contribution in [0.3, 0.4) is 0 Å². The summed E-state index contributed by atoms with van der Waals surface area (Å²) in [6.45, 7) is 3.74. The molecular weight excluding hydrogens is 436 g/mol. The Morgan fingerprint density at radius 3 is 2.69 bits per heavy atom. The molecule has 0 unspecified atom stereocenters. The van der Waals surface area contributed by atoms with Crippen LogP contribution in [0.15, 0.2) is 41.4 Å². The maximum atomic E-state index is 12.7. The predicted molar refractivity (Wildman–Crippen MR) is 128 cm³/mol. The van der Waals surface area contributed by atoms with Gasteiger partial charge in [0.25, 0.3) is 0 Å². The summed E-state index contributed by atoms with van der Waals surface area (Å²) >= 11 is 2.77. The number of anilines is 1. The fraction of sp³-hybridized carbons (Fsp3) is 0.280. The second-order valence-electron chi connectivity index (χ2n) is 7.88. The minimum absolute atomic E-state index is 0.130. The van der Waals surface area contributed by atoms with Gasteiger partial charge in [-0.25, -0.2) is 4.98 Å². The van der Waals surface area contributed by atoms with E-state index in [4.69, 9.17) is 0 Å². The lowest BCUT2D eigenvalue weighted by Gasteiger charge is -2.22. The topological polar surface area (TPSA) is 89.6 Å². The zero-order valence-electron chi connectivity index (χ0n) is 17.9. The molecule has 32 heavy (non-hydrogen) atoms. The van der Waals surface area contributed by atoms with Gasteiger partial charge >= 0.3 is 0 Å². The minimum Gasteiger partial charge on any atom is -0.316 e. The normalized spacial score (nSPS) is 14.8. The van der Waals surface area contributed by atoms with Gasteiger partial charge in [0.1, 0.15) is 22.2 Å². The van der Waals surface area contributed by atoms with Gasteiger partial charge < -0.3 is 5.32 Å². The summed E-state index contributed by atoms with van der Waals surface area (Å²) in [6.07, 6.45) is 2.74. The quantitative estimate of drug-likeness (QED) is 0.510. The van der Waals surface area contributed by atoms with E-state index in [-0.39, 0.29) is 11.7 Å². The van der Waals surface area contributed by atoms with Crippen LogP contribution in [0.5, 0.6) is 0 Å². The van der Waals surface area contributed by atoms with E-state index in [0.29, 0.717) is 27.1 Å². The highest BCUT2D eigenvalue weighted by Gasteiger charge is 2.27. The van der Waals surface area contributed by atoms with Crippen LogP contribution in [0.4, 0.5) is 5.00 Å². The van der Waals surface area contributed by atoms with Gasteiger partial charge in [-0.3, -0.25) is 4.79 Å². The van der Waals surface area contributed by atoms with Gasteiger partial charge in [-0.15, -0.1) is 11.3 Å². The summed E-state index contributed by atoms with van der Waals surface area (Å²) in [5.74, 6) is 0.368. The molecule has 5 nitrogen and oxygen atoms in total. The number of rotatable bonds is 5. The van der Waals surface area contributed by atoms with Gasteiger partial charge in [0.15, 0.2) is 0 Å². The van der Waals surface area contributed by atoms with E-state index >= 15 is 0 Å². The number of carbonyl (C=O) groups is 1. The van der Waals surface area contributed by atoms with E-state index < -0.39 is 0 Å². The SMILES string of the molecule is Cc1cc(C)c(C#N)c(SCC(=O)Nc2sc3c(c2C#N)CC[C@@H](c2ccccc2)C3)n1. The van der Waals surface area contributed by atoms with Crippen molar-refractivity contribution in [3.63, 3.8) is 0 Å². The first kappa shape index (κ1) is 22.1. The highest BCUT2D eigenvalue weighted by Crippen LogP contribution is 2.42. The van der Waals surface area contributed by atoms with Crippen LogP contribution in [-0.4, -0.2) is 16.6 Å². The number of hydrogen-bond donors (Lipinski definition) is 1. The zero-order chi connectivity index (χ0) is 22.7. The number of carbonyl (C=O) groups excluding carboxylic acids is 1. The van der Waals surface area contributed by atoms with Crippen LogP contribution in [-0.2, 0) is 17.6 Å². The van der Waals surface area contributed by atoms with E-state index in [0.717, 1.165) is 36.1 Å². The van der Waals surface area contributed by atoms with Crippen molar-refractivity contribution >= 4 is 34.0 Å². The minimum atomic E-state index is -0.199. The highest BCUT2D eigenvalue weighted by atomic mass is 32.2. The molecule has 0 saturated carbocycles. The van der Waals surface area contributed by atoms with Gasteiger partial charge in [0, 0.05) is 10.6 Å². The van der Waals surface area contributed by atoms with E-state index in [9.17, 15) is 15.3 Å². The summed E-state index contributed by atoms with van der Waals surface area (Å²) in [5.41, 5.74) is 5.17. The van der Waals surface area contributed by atoms with Gasteiger partial charge in [-0.05, 0) is 61.8 Å². The lowest BCUT2D eigenvalue weighted by atomic mass is 9.83. The first-order valence-electron chi connectivity index (χ1n) is 10.4. The molecule has 1 amide bonds. The molecule has 7 heteroatoms. The van der Waals surface area contributed by atoms with E-state index in [1.165, 1.54) is 33.5 Å². The van der Waals surface area contributed by atoms with Crippen molar-refractivity contribution in [2.45, 2.75) is 44.1 Å². The van der Waals surface area contributed by atoms with Crippen LogP contribution in [0.1, 0.15) is 50.7 Å². The summed E-state index contributed by atoms with van der Waals surface area (Å²) in [7, 11) is 0. The number of nitriles is 2. The lowest BCUT2D eigenvalue weighted by Crippen LogP contribution is -2.14. The molecule has 0 saturated heterocycles. The summed E-state index contributed by atoms with van der Waals surface area (Å²) in [5, 5.41) is 23.3. The maximum Gasteiger partial charge on any atom is 0.235 e. The number of aromatic nitrogens is 1. The van der Waals surface area contributed by atoms with Gasteiger partial charge in [0.2, 0.25) is 5.91 Å². The molecule has 2 heterocycles. The summed E-state index contributed by atoms with van der Waals surface area (Å²) < 4.78 is 0. The Labute approximate surface area is 196 Å². The Morgan fingerprint density at radius 1 is 1.22 bits per heavy atom. The third kappa shape index (κ3) is 4.55. The Balaban J connectivity index is 1.48. The molecule has 0 bridgehead atoms. The van der Waals surface area contributed by atoms with Crippen molar-refractivity contribution in [2.75, 3.05) is 11.1 Å². The van der Waals surface area contributed by atoms with Crippen LogP contribution in [0.2, 0.25) is 0 Å². The van der Waals surface area contributed by atoms with Crippen molar-refractivity contribution < 1.29 is 4.79 Å². The van der Waals surface area contributed by atoms with Crippen molar-refractivity contribution in [1.82, 2.24) is 4.98 Å². The first-order valence-corrected chi connectivity index (χ1v) is 12.2. The Bertz CT molecular complexity index is 1250. The average Bonchev–Trinajstić information content (AvgIpc) is 3.13. The monoisotopic (exact) mass is 458 g/mol. The van der Waals surface area contributed by atoms with Gasteiger partial charge in [-0.1, -0.05) is 42.1 Å². The molecule has 4 rings (SSSR count). The first-order chi connectivity index (χ1) is 15.5. The number of pyridine rings is 1. The van der Waals surface area contributed by atoms with Crippen LogP contribution < -0.4 is 5.32 Å².